The van der Waals surface area contributed by atoms with E-state index in [1.807, 2.05) is 5.32 Å². The van der Waals surface area contributed by atoms with Crippen LogP contribution in [0.2, 0.25) is 5.02 Å². The quantitative estimate of drug-likeness (QED) is 0.648. The molecule has 0 radical (unpaired) electrons. The van der Waals surface area contributed by atoms with Crippen molar-refractivity contribution in [1.82, 2.24) is 10.0 Å². The fraction of sp³-hybridized carbons (Fsp3) is 0.417. The number of alkyl halides is 2. The van der Waals surface area contributed by atoms with Crippen LogP contribution < -0.4 is 15.8 Å². The van der Waals surface area contributed by atoms with E-state index in [1.165, 1.54) is 31.2 Å². The summed E-state index contributed by atoms with van der Waals surface area (Å²) >= 11 is 5.66. The molecule has 0 saturated carbocycles. The van der Waals surface area contributed by atoms with Crippen molar-refractivity contribution in [2.24, 2.45) is 5.73 Å². The Morgan fingerprint density at radius 2 is 1.87 bits per heavy atom. The summed E-state index contributed by atoms with van der Waals surface area (Å²) in [6, 6.07) is 4.05. The molecular formula is C12H17Cl2F2N3O3S. The van der Waals surface area contributed by atoms with Gasteiger partial charge in [-0.3, -0.25) is 4.79 Å². The Morgan fingerprint density at radius 1 is 1.35 bits per heavy atom. The number of hydrogen-bond donors (Lipinski definition) is 3. The van der Waals surface area contributed by atoms with Crippen LogP contribution in [0.4, 0.5) is 8.78 Å². The largest absolute Gasteiger partial charge is 0.349 e. The molecule has 1 aromatic rings. The molecule has 1 aromatic carbocycles. The van der Waals surface area contributed by atoms with Crippen LogP contribution in [0, 0.1) is 0 Å². The second-order valence-corrected chi connectivity index (χ2v) is 6.73. The molecule has 6 nitrogen and oxygen atoms in total. The van der Waals surface area contributed by atoms with Gasteiger partial charge in [-0.15, -0.1) is 12.4 Å². The lowest BCUT2D eigenvalue weighted by molar-refractivity contribution is -0.124. The molecule has 0 aliphatic rings. The molecule has 0 aliphatic carbocycles. The first kappa shape index (κ1) is 22.0. The lowest BCUT2D eigenvalue weighted by Gasteiger charge is -2.18. The minimum Gasteiger partial charge on any atom is -0.349 e. The number of nitrogens with two attached hydrogens (primary N) is 1. The lowest BCUT2D eigenvalue weighted by Crippen LogP contribution is -2.49. The average Bonchev–Trinajstić information content (AvgIpc) is 2.44. The number of benzene rings is 1. The van der Waals surface area contributed by atoms with Gasteiger partial charge in [0.05, 0.1) is 24.0 Å². The number of hydrogen-bond acceptors (Lipinski definition) is 4. The van der Waals surface area contributed by atoms with Gasteiger partial charge in [-0.05, 0) is 31.2 Å². The van der Waals surface area contributed by atoms with Gasteiger partial charge in [0.25, 0.3) is 5.92 Å². The number of halogens is 4. The highest BCUT2D eigenvalue weighted by Crippen LogP contribution is 2.14. The van der Waals surface area contributed by atoms with Gasteiger partial charge < -0.3 is 11.1 Å². The molecule has 23 heavy (non-hydrogen) atoms. The van der Waals surface area contributed by atoms with E-state index in [2.05, 4.69) is 4.72 Å². The van der Waals surface area contributed by atoms with Crippen molar-refractivity contribution in [3.8, 4) is 0 Å². The smallest absolute Gasteiger partial charge is 0.277 e. The summed E-state index contributed by atoms with van der Waals surface area (Å²) in [7, 11) is -3.96. The molecule has 1 unspecified atom stereocenters. The molecule has 132 valence electrons. The van der Waals surface area contributed by atoms with Crippen LogP contribution in [0.1, 0.15) is 6.92 Å². The second kappa shape index (κ2) is 8.74. The standard InChI is InChI=1S/C12H16ClF2N3O3S.ClH/c1-8(11(19)17-7-12(14,15)6-16)18-22(20,21)10-4-2-9(13)3-5-10;/h2-5,8,18H,6-7,16H2,1H3,(H,17,19);1H. The SMILES string of the molecule is CC(NS(=O)(=O)c1ccc(Cl)cc1)C(=O)NCC(F)(F)CN.Cl. The molecule has 1 atom stereocenters. The molecule has 0 saturated heterocycles. The van der Waals surface area contributed by atoms with Crippen molar-refractivity contribution in [1.29, 1.82) is 0 Å². The number of amides is 1. The fourth-order valence-corrected chi connectivity index (χ4v) is 2.74. The summed E-state index contributed by atoms with van der Waals surface area (Å²) in [6.45, 7) is -0.642. The molecule has 0 aliphatic heterocycles. The number of sulfonamides is 1. The van der Waals surface area contributed by atoms with Gasteiger partial charge in [0, 0.05) is 5.02 Å². The predicted molar refractivity (Wildman–Crippen MR) is 85.5 cm³/mol. The topological polar surface area (TPSA) is 101 Å². The highest BCUT2D eigenvalue weighted by Gasteiger charge is 2.29. The molecule has 11 heteroatoms. The Morgan fingerprint density at radius 3 is 2.35 bits per heavy atom. The van der Waals surface area contributed by atoms with Gasteiger partial charge in [0.2, 0.25) is 15.9 Å². The van der Waals surface area contributed by atoms with Crippen LogP contribution in [0.15, 0.2) is 29.2 Å². The molecular weight excluding hydrogens is 375 g/mol. The van der Waals surface area contributed by atoms with Gasteiger partial charge >= 0.3 is 0 Å². The summed E-state index contributed by atoms with van der Waals surface area (Å²) < 4.78 is 52.0. The molecule has 1 rings (SSSR count). The van der Waals surface area contributed by atoms with E-state index < -0.39 is 41.0 Å². The zero-order valence-corrected chi connectivity index (χ0v) is 14.4. The summed E-state index contributed by atoms with van der Waals surface area (Å²) in [6.07, 6.45) is 0. The van der Waals surface area contributed by atoms with Crippen molar-refractivity contribution >= 4 is 39.9 Å². The van der Waals surface area contributed by atoms with Gasteiger partial charge in [-0.1, -0.05) is 11.6 Å². The maximum atomic E-state index is 12.9. The molecule has 0 bridgehead atoms. The highest BCUT2D eigenvalue weighted by atomic mass is 35.5. The third-order valence-corrected chi connectivity index (χ3v) is 4.48. The van der Waals surface area contributed by atoms with E-state index in [4.69, 9.17) is 17.3 Å². The summed E-state index contributed by atoms with van der Waals surface area (Å²) in [4.78, 5) is 11.5. The summed E-state index contributed by atoms with van der Waals surface area (Å²) in [5, 5.41) is 2.30. The van der Waals surface area contributed by atoms with Crippen molar-refractivity contribution in [2.75, 3.05) is 13.1 Å². The van der Waals surface area contributed by atoms with Crippen LogP contribution in [0.3, 0.4) is 0 Å². The number of nitrogens with one attached hydrogen (secondary N) is 2. The first-order chi connectivity index (χ1) is 10.1. The molecule has 0 heterocycles. The monoisotopic (exact) mass is 391 g/mol. The van der Waals surface area contributed by atoms with Gasteiger partial charge in [0.1, 0.15) is 0 Å². The number of carbonyl (C=O) groups excluding carboxylic acids is 1. The van der Waals surface area contributed by atoms with Crippen LogP contribution in [-0.2, 0) is 14.8 Å². The van der Waals surface area contributed by atoms with E-state index in [1.54, 1.807) is 0 Å². The van der Waals surface area contributed by atoms with Crippen molar-refractivity contribution in [2.45, 2.75) is 23.8 Å². The summed E-state index contributed by atoms with van der Waals surface area (Å²) in [5.74, 6) is -4.13. The van der Waals surface area contributed by atoms with Crippen molar-refractivity contribution in [3.63, 3.8) is 0 Å². The zero-order valence-electron chi connectivity index (χ0n) is 12.1. The Labute approximate surface area is 144 Å². The van der Waals surface area contributed by atoms with E-state index >= 15 is 0 Å². The third kappa shape index (κ3) is 6.96. The first-order valence-corrected chi connectivity index (χ1v) is 8.07. The zero-order chi connectivity index (χ0) is 17.0. The van der Waals surface area contributed by atoms with Crippen LogP contribution in [0.25, 0.3) is 0 Å². The molecule has 0 fully saturated rings. The maximum absolute atomic E-state index is 12.9. The lowest BCUT2D eigenvalue weighted by atomic mass is 10.3. The highest BCUT2D eigenvalue weighted by molar-refractivity contribution is 7.89. The van der Waals surface area contributed by atoms with Gasteiger partial charge in [-0.25, -0.2) is 17.2 Å². The predicted octanol–water partition coefficient (Wildman–Crippen LogP) is 1.14. The molecule has 1 amide bonds. The first-order valence-electron chi connectivity index (χ1n) is 6.21. The maximum Gasteiger partial charge on any atom is 0.277 e. The molecule has 0 aromatic heterocycles. The number of carbonyl (C=O) groups is 1. The van der Waals surface area contributed by atoms with E-state index in [9.17, 15) is 22.0 Å². The fourth-order valence-electron chi connectivity index (χ4n) is 1.41. The minimum atomic E-state index is -3.96. The van der Waals surface area contributed by atoms with Crippen molar-refractivity contribution < 1.29 is 22.0 Å². The van der Waals surface area contributed by atoms with Gasteiger partial charge in [0.15, 0.2) is 0 Å². The van der Waals surface area contributed by atoms with E-state index in [-0.39, 0.29) is 17.3 Å². The van der Waals surface area contributed by atoms with Crippen LogP contribution >= 0.6 is 24.0 Å². The molecule has 0 spiro atoms. The van der Waals surface area contributed by atoms with Gasteiger partial charge in [-0.2, -0.15) is 4.72 Å². The Balaban J connectivity index is 0.00000484. The van der Waals surface area contributed by atoms with Crippen molar-refractivity contribution in [3.05, 3.63) is 29.3 Å². The average molecular weight is 392 g/mol. The normalized spacial score (nSPS) is 13.1. The number of rotatable bonds is 7. The van der Waals surface area contributed by atoms with E-state index in [0.29, 0.717) is 5.02 Å². The van der Waals surface area contributed by atoms with E-state index in [0.717, 1.165) is 0 Å². The minimum absolute atomic E-state index is 0. The molecule has 4 N–H and O–H groups in total. The summed E-state index contributed by atoms with van der Waals surface area (Å²) in [5.41, 5.74) is 4.83. The Bertz CT molecular complexity index is 627. The van der Waals surface area contributed by atoms with Crippen LogP contribution in [0.5, 0.6) is 0 Å². The second-order valence-electron chi connectivity index (χ2n) is 4.57. The Hall–Kier alpha value is -1.00. The van der Waals surface area contributed by atoms with Crippen LogP contribution in [-0.4, -0.2) is 39.4 Å². The third-order valence-electron chi connectivity index (χ3n) is 2.67. The Kier molecular flexibility index (Phi) is 8.36.